The topological polar surface area (TPSA) is 22.9 Å². The molecule has 0 N–H and O–H groups in total. The highest BCUT2D eigenvalue weighted by Gasteiger charge is 2.58. The lowest BCUT2D eigenvalue weighted by Crippen LogP contribution is -2.61. The second kappa shape index (κ2) is 17.5. The Bertz CT molecular complexity index is 4120. The van der Waals surface area contributed by atoms with E-state index in [1.807, 2.05) is 6.92 Å². The average Bonchev–Trinajstić information content (AvgIpc) is 1.10. The smallest absolute Gasteiger partial charge is 0.252 e. The van der Waals surface area contributed by atoms with Crippen molar-refractivity contribution in [3.8, 4) is 11.1 Å². The zero-order valence-electron chi connectivity index (χ0n) is 53.1. The average molecular weight is 1030 g/mol. The van der Waals surface area contributed by atoms with Crippen LogP contribution in [-0.2, 0) is 16.2 Å². The Morgan fingerprint density at radius 1 is 0.564 bits per heavy atom. The number of hydrogen-bond acceptors (Lipinski definition) is 4. The Labute approximate surface area is 473 Å². The van der Waals surface area contributed by atoms with Crippen LogP contribution in [-0.4, -0.2) is 12.3 Å². The van der Waals surface area contributed by atoms with Crippen LogP contribution >= 0.6 is 0 Å². The Morgan fingerprint density at radius 3 is 1.96 bits per heavy atom. The number of benzene rings is 8. The van der Waals surface area contributed by atoms with Crippen molar-refractivity contribution in [2.75, 3.05) is 14.7 Å². The van der Waals surface area contributed by atoms with Gasteiger partial charge in [-0.1, -0.05) is 177 Å². The Hall–Kier alpha value is -6.98. The van der Waals surface area contributed by atoms with E-state index in [9.17, 15) is 8.22 Å². The molecule has 14 rings (SSSR count). The second-order valence-electron chi connectivity index (χ2n) is 26.3. The fraction of sp³-hybridized carbons (Fsp3) is 0.342. The lowest BCUT2D eigenvalue weighted by Gasteiger charge is -2.51. The Kier molecular flexibility index (Phi) is 9.65. The summed E-state index contributed by atoms with van der Waals surface area (Å²) in [6.07, 6.45) is 9.94. The Morgan fingerprint density at radius 2 is 1.22 bits per heavy atom. The van der Waals surface area contributed by atoms with Crippen LogP contribution in [0.25, 0.3) is 33.1 Å². The molecule has 2 unspecified atom stereocenters. The fourth-order valence-electron chi connectivity index (χ4n) is 15.2. The Balaban J connectivity index is 1.18. The van der Waals surface area contributed by atoms with Crippen LogP contribution in [0.4, 0.5) is 45.5 Å². The molecule has 1 aromatic heterocycles. The van der Waals surface area contributed by atoms with Gasteiger partial charge >= 0.3 is 0 Å². The highest BCUT2D eigenvalue weighted by molar-refractivity contribution is 7.00. The minimum atomic E-state index is -2.68. The standard InChI is InChI=1S/C73H76BN3O/c1-45-36-46(2)69(47(3)37-45)76-62-31-28-50(48-22-14-12-15-23-48)38-58(62)74-59-43-56-55-40-52(71(7,8)9)30-33-66(55)78-67(56)44-63(59)75(60-32-29-51(70(4,5)6)39-54(60)49-24-16-13-17-25-49)64-41-53(42-65(76)68(64)74)77-61-27-19-18-26-57(61)72(10)34-20-21-35-73(72,77)11/h13,16-19,24-33,36-44,48H,12,14-15,20-23,34-35H2,1-11H3/i2D3,3D3. The largest absolute Gasteiger partial charge is 0.456 e. The lowest BCUT2D eigenvalue weighted by atomic mass is 9.33. The van der Waals surface area contributed by atoms with Crippen molar-refractivity contribution in [1.82, 2.24) is 0 Å². The predicted octanol–water partition coefficient (Wildman–Crippen LogP) is 18.6. The zero-order valence-corrected chi connectivity index (χ0v) is 47.1. The van der Waals surface area contributed by atoms with E-state index in [1.54, 1.807) is 12.1 Å². The SMILES string of the molecule is [2H]C([2H])([2H])c1cc(C)cc(C([2H])([2H])[2H])c1N1c2ccc(C3CCCCC3)cc2B2c3cc4c(cc3N(c3ccc(C(C)(C)C)cc3-c3ccccc3)c3cc(N5c6ccccc6C6(C)CCCCC56C)cc1c32)oc1ccc(C(C)(C)C)cc14. The van der Waals surface area contributed by atoms with Gasteiger partial charge in [0.1, 0.15) is 11.2 Å². The third-order valence-corrected chi connectivity index (χ3v) is 19.5. The molecular formula is C73H76BN3O. The van der Waals surface area contributed by atoms with Gasteiger partial charge in [-0.3, -0.25) is 0 Å². The number of rotatable bonds is 5. The summed E-state index contributed by atoms with van der Waals surface area (Å²) in [6, 6.07) is 53.1. The molecule has 0 saturated heterocycles. The summed E-state index contributed by atoms with van der Waals surface area (Å²) >= 11 is 0. The first kappa shape index (κ1) is 43.0. The maximum absolute atomic E-state index is 9.39. The van der Waals surface area contributed by atoms with Crippen molar-refractivity contribution in [2.24, 2.45) is 0 Å². The number of anilines is 8. The molecular weight excluding hydrogens is 946 g/mol. The number of hydrogen-bond donors (Lipinski definition) is 0. The van der Waals surface area contributed by atoms with Gasteiger partial charge in [0.2, 0.25) is 0 Å². The van der Waals surface area contributed by atoms with Crippen molar-refractivity contribution in [3.05, 3.63) is 185 Å². The van der Waals surface area contributed by atoms with Crippen LogP contribution in [0, 0.1) is 20.6 Å². The number of furan rings is 1. The predicted molar refractivity (Wildman–Crippen MR) is 333 cm³/mol. The van der Waals surface area contributed by atoms with Gasteiger partial charge in [0.25, 0.3) is 6.71 Å². The molecule has 4 nitrogen and oxygen atoms in total. The molecule has 5 aliphatic rings. The van der Waals surface area contributed by atoms with E-state index in [1.165, 1.54) is 28.7 Å². The van der Waals surface area contributed by atoms with Crippen molar-refractivity contribution in [2.45, 2.75) is 162 Å². The van der Waals surface area contributed by atoms with E-state index >= 15 is 0 Å². The quantitative estimate of drug-likeness (QED) is 0.160. The molecule has 78 heavy (non-hydrogen) atoms. The molecule has 392 valence electrons. The van der Waals surface area contributed by atoms with Crippen molar-refractivity contribution in [3.63, 3.8) is 0 Å². The lowest BCUT2D eigenvalue weighted by molar-refractivity contribution is 0.195. The summed E-state index contributed by atoms with van der Waals surface area (Å²) < 4.78 is 63.4. The molecule has 2 atom stereocenters. The van der Waals surface area contributed by atoms with Crippen molar-refractivity contribution < 1.29 is 12.6 Å². The van der Waals surface area contributed by atoms with Gasteiger partial charge in [-0.05, 0) is 174 Å². The third-order valence-electron chi connectivity index (χ3n) is 19.5. The molecule has 2 aliphatic carbocycles. The monoisotopic (exact) mass is 1030 g/mol. The zero-order chi connectivity index (χ0) is 58.8. The van der Waals surface area contributed by atoms with Crippen LogP contribution in [0.1, 0.15) is 166 Å². The number of nitrogens with zero attached hydrogens (tertiary/aromatic N) is 3. The minimum Gasteiger partial charge on any atom is -0.456 e. The molecule has 0 bridgehead atoms. The molecule has 5 heteroatoms. The number of aryl methyl sites for hydroxylation is 3. The van der Waals surface area contributed by atoms with Crippen LogP contribution < -0.4 is 31.1 Å². The summed E-state index contributed by atoms with van der Waals surface area (Å²) in [5.41, 5.74) is 18.6. The van der Waals surface area contributed by atoms with Crippen LogP contribution in [0.2, 0.25) is 0 Å². The van der Waals surface area contributed by atoms with Crippen LogP contribution in [0.15, 0.2) is 150 Å². The highest BCUT2D eigenvalue weighted by atomic mass is 16.3. The van der Waals surface area contributed by atoms with E-state index in [0.717, 1.165) is 141 Å². The third kappa shape index (κ3) is 7.31. The van der Waals surface area contributed by atoms with Crippen LogP contribution in [0.5, 0.6) is 0 Å². The summed E-state index contributed by atoms with van der Waals surface area (Å²) in [7, 11) is 0. The van der Waals surface area contributed by atoms with Gasteiger partial charge in [0.15, 0.2) is 0 Å². The molecule has 0 amide bonds. The van der Waals surface area contributed by atoms with Crippen LogP contribution in [0.3, 0.4) is 0 Å². The summed E-state index contributed by atoms with van der Waals surface area (Å²) in [5, 5.41) is 2.09. The van der Waals surface area contributed by atoms with Gasteiger partial charge in [-0.2, -0.15) is 0 Å². The van der Waals surface area contributed by atoms with E-state index in [0.29, 0.717) is 11.5 Å². The van der Waals surface area contributed by atoms with Gasteiger partial charge < -0.3 is 19.1 Å². The summed E-state index contributed by atoms with van der Waals surface area (Å²) in [4.78, 5) is 7.19. The molecule has 9 aromatic rings. The van der Waals surface area contributed by atoms with Gasteiger partial charge in [-0.25, -0.2) is 0 Å². The first-order valence-corrected chi connectivity index (χ1v) is 29.0. The normalized spacial score (nSPS) is 21.4. The van der Waals surface area contributed by atoms with Crippen molar-refractivity contribution in [1.29, 1.82) is 0 Å². The highest BCUT2D eigenvalue weighted by Crippen LogP contribution is 2.62. The first-order chi connectivity index (χ1) is 39.8. The van der Waals surface area contributed by atoms with E-state index in [2.05, 4.69) is 204 Å². The number of para-hydroxylation sites is 1. The van der Waals surface area contributed by atoms with Crippen molar-refractivity contribution >= 4 is 90.5 Å². The fourth-order valence-corrected chi connectivity index (χ4v) is 15.2. The molecule has 4 heterocycles. The van der Waals surface area contributed by atoms with E-state index in [4.69, 9.17) is 4.42 Å². The van der Waals surface area contributed by atoms with Gasteiger partial charge in [-0.15, -0.1) is 0 Å². The summed E-state index contributed by atoms with van der Waals surface area (Å²) in [5.74, 6) is 0.349. The van der Waals surface area contributed by atoms with Gasteiger partial charge in [0, 0.05) is 70.2 Å². The molecule has 0 spiro atoms. The second-order valence-corrected chi connectivity index (χ2v) is 26.3. The minimum absolute atomic E-state index is 0.0188. The molecule has 2 fully saturated rings. The van der Waals surface area contributed by atoms with Gasteiger partial charge in [0.05, 0.1) is 16.9 Å². The molecule has 0 radical (unpaired) electrons. The molecule has 3 aliphatic heterocycles. The summed E-state index contributed by atoms with van der Waals surface area (Å²) in [6.45, 7) is 14.6. The molecule has 2 saturated carbocycles. The maximum Gasteiger partial charge on any atom is 0.252 e. The van der Waals surface area contributed by atoms with E-state index < -0.39 is 13.7 Å². The van der Waals surface area contributed by atoms with E-state index in [-0.39, 0.29) is 45.3 Å². The first-order valence-electron chi connectivity index (χ1n) is 32.0. The molecule has 8 aromatic carbocycles. The maximum atomic E-state index is 9.39. The number of fused-ring (bicyclic) bond motifs is 10.